The topological polar surface area (TPSA) is 75.7 Å². The Kier molecular flexibility index (Phi) is 2.54. The Balaban J connectivity index is 2.02. The zero-order valence-corrected chi connectivity index (χ0v) is 9.87. The fourth-order valence-electron chi connectivity index (χ4n) is 3.25. The fourth-order valence-corrected chi connectivity index (χ4v) is 3.25. The van der Waals surface area contributed by atoms with E-state index in [4.69, 9.17) is 5.21 Å². The number of hydrogen-bond donors (Lipinski definition) is 1. The normalized spacial score (nSPS) is 27.9. The van der Waals surface area contributed by atoms with Crippen LogP contribution in [0.5, 0.6) is 0 Å². The van der Waals surface area contributed by atoms with Gasteiger partial charge in [-0.1, -0.05) is 11.2 Å². The molecule has 18 heavy (non-hydrogen) atoms. The quantitative estimate of drug-likeness (QED) is 0.470. The Labute approximate surface area is 104 Å². The Bertz CT molecular complexity index is 539. The second-order valence-electron chi connectivity index (χ2n) is 5.11. The number of nitrogens with zero attached hydrogens (tertiary/aromatic N) is 2. The maximum atomic E-state index is 10.8. The molecule has 0 saturated heterocycles. The van der Waals surface area contributed by atoms with E-state index in [0.29, 0.717) is 5.92 Å². The Morgan fingerprint density at radius 2 is 1.89 bits per heavy atom. The van der Waals surface area contributed by atoms with Crippen molar-refractivity contribution in [3.8, 4) is 0 Å². The number of nitro benzene ring substituents is 1. The largest absolute Gasteiger partial charge is 0.411 e. The molecule has 1 N–H and O–H groups in total. The minimum absolute atomic E-state index is 0.147. The first-order valence-electron chi connectivity index (χ1n) is 6.17. The first-order chi connectivity index (χ1) is 8.69. The van der Waals surface area contributed by atoms with Crippen LogP contribution in [0.2, 0.25) is 0 Å². The summed E-state index contributed by atoms with van der Waals surface area (Å²) in [6.07, 6.45) is 3.67. The highest BCUT2D eigenvalue weighted by Crippen LogP contribution is 2.38. The van der Waals surface area contributed by atoms with Gasteiger partial charge in [-0.05, 0) is 36.8 Å². The standard InChI is InChI=1S/C13H14N2O3/c16-14-13-9-1-2-10(13)6-11-7-12(15(17)18)4-3-8(11)5-9/h3-4,7,9-10,16H,1-2,5-6H2/b14-13-. The molecule has 2 bridgehead atoms. The SMILES string of the molecule is O=[N+]([O-])c1ccc2c(c1)CC1CCC(C2)/C1=N/O. The van der Waals surface area contributed by atoms with Crippen molar-refractivity contribution < 1.29 is 10.1 Å². The number of nitro groups is 1. The molecule has 1 aromatic carbocycles. The van der Waals surface area contributed by atoms with Crippen LogP contribution in [0.3, 0.4) is 0 Å². The molecule has 2 aliphatic carbocycles. The lowest BCUT2D eigenvalue weighted by Gasteiger charge is -2.11. The lowest BCUT2D eigenvalue weighted by molar-refractivity contribution is -0.384. The minimum Gasteiger partial charge on any atom is -0.411 e. The number of rotatable bonds is 1. The molecule has 5 heteroatoms. The summed E-state index contributed by atoms with van der Waals surface area (Å²) < 4.78 is 0. The average molecular weight is 246 g/mol. The highest BCUT2D eigenvalue weighted by atomic mass is 16.6. The van der Waals surface area contributed by atoms with Crippen LogP contribution in [-0.4, -0.2) is 15.8 Å². The van der Waals surface area contributed by atoms with E-state index in [9.17, 15) is 10.1 Å². The molecule has 0 spiro atoms. The zero-order valence-electron chi connectivity index (χ0n) is 9.87. The molecule has 0 aliphatic heterocycles. The summed E-state index contributed by atoms with van der Waals surface area (Å²) in [5, 5.41) is 23.3. The summed E-state index contributed by atoms with van der Waals surface area (Å²) in [6, 6.07) is 5.09. The van der Waals surface area contributed by atoms with Crippen molar-refractivity contribution in [1.82, 2.24) is 0 Å². The van der Waals surface area contributed by atoms with E-state index in [1.807, 2.05) is 6.07 Å². The lowest BCUT2D eigenvalue weighted by atomic mass is 9.93. The van der Waals surface area contributed by atoms with Gasteiger partial charge in [0.05, 0.1) is 10.6 Å². The maximum Gasteiger partial charge on any atom is 0.269 e. The summed E-state index contributed by atoms with van der Waals surface area (Å²) in [4.78, 5) is 10.4. The van der Waals surface area contributed by atoms with Crippen LogP contribution in [-0.2, 0) is 12.8 Å². The molecule has 1 aromatic rings. The van der Waals surface area contributed by atoms with Gasteiger partial charge in [0.25, 0.3) is 5.69 Å². The van der Waals surface area contributed by atoms with Gasteiger partial charge in [-0.25, -0.2) is 0 Å². The highest BCUT2D eigenvalue weighted by molar-refractivity contribution is 5.91. The third-order valence-corrected chi connectivity index (χ3v) is 4.15. The molecule has 5 nitrogen and oxygen atoms in total. The lowest BCUT2D eigenvalue weighted by Crippen LogP contribution is -2.14. The van der Waals surface area contributed by atoms with Gasteiger partial charge in [-0.2, -0.15) is 0 Å². The van der Waals surface area contributed by atoms with Crippen LogP contribution in [0.15, 0.2) is 23.4 Å². The van der Waals surface area contributed by atoms with Crippen molar-refractivity contribution in [1.29, 1.82) is 0 Å². The van der Waals surface area contributed by atoms with E-state index < -0.39 is 0 Å². The summed E-state index contributed by atoms with van der Waals surface area (Å²) >= 11 is 0. The smallest absolute Gasteiger partial charge is 0.269 e. The van der Waals surface area contributed by atoms with E-state index in [1.165, 1.54) is 0 Å². The molecule has 0 aromatic heterocycles. The average Bonchev–Trinajstić information content (AvgIpc) is 2.64. The van der Waals surface area contributed by atoms with Gasteiger partial charge < -0.3 is 5.21 Å². The van der Waals surface area contributed by atoms with Crippen LogP contribution in [0.25, 0.3) is 0 Å². The van der Waals surface area contributed by atoms with Crippen molar-refractivity contribution in [2.75, 3.05) is 0 Å². The van der Waals surface area contributed by atoms with E-state index in [0.717, 1.165) is 42.5 Å². The van der Waals surface area contributed by atoms with Gasteiger partial charge in [0.15, 0.2) is 0 Å². The van der Waals surface area contributed by atoms with Gasteiger partial charge in [0.1, 0.15) is 0 Å². The second kappa shape index (κ2) is 4.08. The molecular weight excluding hydrogens is 232 g/mol. The predicted octanol–water partition coefficient (Wildman–Crippen LogP) is 2.55. The summed E-state index contributed by atoms with van der Waals surface area (Å²) in [5.74, 6) is 0.561. The molecule has 1 saturated carbocycles. The Hall–Kier alpha value is -1.91. The molecule has 1 fully saturated rings. The molecule has 2 atom stereocenters. The van der Waals surface area contributed by atoms with E-state index in [-0.39, 0.29) is 16.5 Å². The highest BCUT2D eigenvalue weighted by Gasteiger charge is 2.36. The van der Waals surface area contributed by atoms with Gasteiger partial charge in [0, 0.05) is 24.0 Å². The molecule has 94 valence electrons. The van der Waals surface area contributed by atoms with Crippen LogP contribution in [0, 0.1) is 22.0 Å². The van der Waals surface area contributed by atoms with Crippen molar-refractivity contribution in [2.45, 2.75) is 25.7 Å². The van der Waals surface area contributed by atoms with Crippen LogP contribution < -0.4 is 0 Å². The van der Waals surface area contributed by atoms with Crippen LogP contribution in [0.1, 0.15) is 24.0 Å². The number of oxime groups is 1. The van der Waals surface area contributed by atoms with Gasteiger partial charge in [-0.3, -0.25) is 10.1 Å². The fraction of sp³-hybridized carbons (Fsp3) is 0.462. The molecule has 0 amide bonds. The van der Waals surface area contributed by atoms with Crippen LogP contribution in [0.4, 0.5) is 5.69 Å². The number of non-ortho nitro benzene ring substituents is 1. The molecule has 3 rings (SSSR count). The van der Waals surface area contributed by atoms with Gasteiger partial charge in [-0.15, -0.1) is 0 Å². The van der Waals surface area contributed by atoms with Crippen LogP contribution >= 0.6 is 0 Å². The zero-order chi connectivity index (χ0) is 12.7. The molecule has 0 heterocycles. The second-order valence-corrected chi connectivity index (χ2v) is 5.11. The third-order valence-electron chi connectivity index (χ3n) is 4.15. The molecular formula is C13H14N2O3. The Morgan fingerprint density at radius 1 is 1.22 bits per heavy atom. The first kappa shape index (κ1) is 11.2. The summed E-state index contributed by atoms with van der Waals surface area (Å²) in [7, 11) is 0. The number of benzene rings is 1. The van der Waals surface area contributed by atoms with E-state index >= 15 is 0 Å². The van der Waals surface area contributed by atoms with Crippen molar-refractivity contribution in [2.24, 2.45) is 17.0 Å². The van der Waals surface area contributed by atoms with Gasteiger partial charge in [0.2, 0.25) is 0 Å². The van der Waals surface area contributed by atoms with E-state index in [2.05, 4.69) is 5.16 Å². The van der Waals surface area contributed by atoms with Crippen molar-refractivity contribution >= 4 is 11.4 Å². The maximum absolute atomic E-state index is 10.8. The summed E-state index contributed by atoms with van der Waals surface area (Å²) in [6.45, 7) is 0. The third kappa shape index (κ3) is 1.66. The first-order valence-corrected chi connectivity index (χ1v) is 6.17. The minimum atomic E-state index is -0.357. The Morgan fingerprint density at radius 3 is 2.50 bits per heavy atom. The van der Waals surface area contributed by atoms with E-state index in [1.54, 1.807) is 12.1 Å². The molecule has 0 radical (unpaired) electrons. The molecule has 2 unspecified atom stereocenters. The van der Waals surface area contributed by atoms with Crippen molar-refractivity contribution in [3.05, 3.63) is 39.4 Å². The number of hydrogen-bond acceptors (Lipinski definition) is 4. The van der Waals surface area contributed by atoms with Gasteiger partial charge >= 0.3 is 0 Å². The molecule has 2 aliphatic rings. The monoisotopic (exact) mass is 246 g/mol. The summed E-state index contributed by atoms with van der Waals surface area (Å²) in [5.41, 5.74) is 3.23. The number of fused-ring (bicyclic) bond motifs is 3. The predicted molar refractivity (Wildman–Crippen MR) is 65.9 cm³/mol. The van der Waals surface area contributed by atoms with Crippen molar-refractivity contribution in [3.63, 3.8) is 0 Å².